The fourth-order valence-electron chi connectivity index (χ4n) is 1.84. The first-order valence-corrected chi connectivity index (χ1v) is 7.58. The highest BCUT2D eigenvalue weighted by atomic mass is 79.9. The molecule has 2 aromatic carbocycles. The molecular weight excluding hydrogens is 380 g/mol. The molecule has 0 spiro atoms. The Kier molecular flexibility index (Phi) is 5.25. The van der Waals surface area contributed by atoms with Gasteiger partial charge in [-0.2, -0.15) is 0 Å². The van der Waals surface area contributed by atoms with Crippen LogP contribution in [0, 0.1) is 5.82 Å². The van der Waals surface area contributed by atoms with Crippen LogP contribution in [-0.4, -0.2) is 17.9 Å². The van der Waals surface area contributed by atoms with E-state index in [1.165, 1.54) is 23.1 Å². The van der Waals surface area contributed by atoms with Crippen LogP contribution in [0.25, 0.3) is 0 Å². The van der Waals surface area contributed by atoms with Crippen LogP contribution in [0.1, 0.15) is 15.9 Å². The van der Waals surface area contributed by atoms with Crippen molar-refractivity contribution in [3.05, 3.63) is 67.9 Å². The van der Waals surface area contributed by atoms with Gasteiger partial charge in [-0.1, -0.05) is 29.3 Å². The summed E-state index contributed by atoms with van der Waals surface area (Å²) in [4.78, 5) is 13.8. The molecule has 1 amide bonds. The molecule has 0 unspecified atom stereocenters. The molecule has 0 aliphatic rings. The van der Waals surface area contributed by atoms with E-state index in [4.69, 9.17) is 23.2 Å². The molecule has 0 saturated heterocycles. The van der Waals surface area contributed by atoms with Crippen molar-refractivity contribution in [2.45, 2.75) is 6.54 Å². The predicted octanol–water partition coefficient (Wildman–Crippen LogP) is 5.17. The van der Waals surface area contributed by atoms with Crippen molar-refractivity contribution in [3.8, 4) is 0 Å². The Labute approximate surface area is 140 Å². The van der Waals surface area contributed by atoms with E-state index in [1.54, 1.807) is 25.2 Å². The SMILES string of the molecule is CN(Cc1ccc(Cl)cc1Cl)C(=O)c1cc(F)ccc1Br. The first kappa shape index (κ1) is 16.3. The summed E-state index contributed by atoms with van der Waals surface area (Å²) < 4.78 is 13.8. The van der Waals surface area contributed by atoms with Crippen molar-refractivity contribution in [1.29, 1.82) is 0 Å². The minimum absolute atomic E-state index is 0.266. The molecule has 2 rings (SSSR count). The number of amides is 1. The Balaban J connectivity index is 2.21. The maximum atomic E-state index is 13.3. The van der Waals surface area contributed by atoms with E-state index in [2.05, 4.69) is 15.9 Å². The van der Waals surface area contributed by atoms with Crippen molar-refractivity contribution in [3.63, 3.8) is 0 Å². The lowest BCUT2D eigenvalue weighted by Crippen LogP contribution is -2.26. The van der Waals surface area contributed by atoms with Gasteiger partial charge in [-0.3, -0.25) is 4.79 Å². The Bertz CT molecular complexity index is 693. The smallest absolute Gasteiger partial charge is 0.255 e. The van der Waals surface area contributed by atoms with Crippen molar-refractivity contribution in [1.82, 2.24) is 4.90 Å². The van der Waals surface area contributed by atoms with Gasteiger partial charge in [0.2, 0.25) is 0 Å². The summed E-state index contributed by atoms with van der Waals surface area (Å²) in [5, 5.41) is 1.02. The number of rotatable bonds is 3. The van der Waals surface area contributed by atoms with Gasteiger partial charge in [-0.05, 0) is 51.8 Å². The summed E-state index contributed by atoms with van der Waals surface area (Å²) >= 11 is 15.2. The van der Waals surface area contributed by atoms with Gasteiger partial charge in [0.1, 0.15) is 5.82 Å². The molecule has 0 heterocycles. The van der Waals surface area contributed by atoms with Crippen LogP contribution in [0.15, 0.2) is 40.9 Å². The fraction of sp³-hybridized carbons (Fsp3) is 0.133. The van der Waals surface area contributed by atoms with Crippen LogP contribution in [0.2, 0.25) is 10.0 Å². The Morgan fingerprint density at radius 2 is 1.95 bits per heavy atom. The Hall–Kier alpha value is -1.10. The summed E-state index contributed by atoms with van der Waals surface area (Å²) in [5.74, 6) is -0.758. The molecule has 2 nitrogen and oxygen atoms in total. The molecule has 0 fully saturated rings. The maximum absolute atomic E-state index is 13.3. The predicted molar refractivity (Wildman–Crippen MR) is 86.4 cm³/mol. The standard InChI is InChI=1S/C15H11BrCl2FNO/c1-20(8-9-2-3-10(17)6-14(9)18)15(21)12-7-11(19)4-5-13(12)16/h2-7H,8H2,1H3. The maximum Gasteiger partial charge on any atom is 0.255 e. The highest BCUT2D eigenvalue weighted by Gasteiger charge is 2.17. The van der Waals surface area contributed by atoms with Gasteiger partial charge in [0.25, 0.3) is 5.91 Å². The third kappa shape index (κ3) is 3.96. The zero-order valence-electron chi connectivity index (χ0n) is 11.0. The molecule has 0 aliphatic carbocycles. The van der Waals surface area contributed by atoms with Crippen LogP contribution < -0.4 is 0 Å². The molecule has 0 atom stereocenters. The average molecular weight is 391 g/mol. The summed E-state index contributed by atoms with van der Waals surface area (Å²) in [6.45, 7) is 0.303. The lowest BCUT2D eigenvalue weighted by molar-refractivity contribution is 0.0784. The number of hydrogen-bond acceptors (Lipinski definition) is 1. The molecule has 0 N–H and O–H groups in total. The van der Waals surface area contributed by atoms with Crippen molar-refractivity contribution in [2.75, 3.05) is 7.05 Å². The molecule has 110 valence electrons. The highest BCUT2D eigenvalue weighted by Crippen LogP contribution is 2.24. The van der Waals surface area contributed by atoms with Crippen LogP contribution in [0.5, 0.6) is 0 Å². The molecule has 0 aromatic heterocycles. The van der Waals surface area contributed by atoms with E-state index in [-0.39, 0.29) is 11.5 Å². The number of carbonyl (C=O) groups excluding carboxylic acids is 1. The molecular formula is C15H11BrCl2FNO. The zero-order chi connectivity index (χ0) is 15.6. The van der Waals surface area contributed by atoms with E-state index >= 15 is 0 Å². The lowest BCUT2D eigenvalue weighted by atomic mass is 10.1. The number of benzene rings is 2. The second-order valence-corrected chi connectivity index (χ2v) is 6.22. The van der Waals surface area contributed by atoms with E-state index < -0.39 is 5.82 Å². The topological polar surface area (TPSA) is 20.3 Å². The highest BCUT2D eigenvalue weighted by molar-refractivity contribution is 9.10. The molecule has 0 bridgehead atoms. The van der Waals surface area contributed by atoms with Crippen molar-refractivity contribution < 1.29 is 9.18 Å². The third-order valence-electron chi connectivity index (χ3n) is 2.93. The zero-order valence-corrected chi connectivity index (χ0v) is 14.1. The van der Waals surface area contributed by atoms with Gasteiger partial charge in [0, 0.05) is 28.1 Å². The van der Waals surface area contributed by atoms with Gasteiger partial charge in [0.05, 0.1) is 5.56 Å². The van der Waals surface area contributed by atoms with Gasteiger partial charge in [0.15, 0.2) is 0 Å². The first-order valence-electron chi connectivity index (χ1n) is 6.03. The molecule has 0 aliphatic heterocycles. The summed E-state index contributed by atoms with van der Waals surface area (Å²) in [6.07, 6.45) is 0. The number of halogens is 4. The van der Waals surface area contributed by atoms with Crippen LogP contribution in [-0.2, 0) is 6.54 Å². The second-order valence-electron chi connectivity index (χ2n) is 4.52. The van der Waals surface area contributed by atoms with E-state index in [1.807, 2.05) is 0 Å². The Morgan fingerprint density at radius 3 is 2.62 bits per heavy atom. The summed E-state index contributed by atoms with van der Waals surface area (Å²) in [6, 6.07) is 9.08. The van der Waals surface area contributed by atoms with Gasteiger partial charge < -0.3 is 4.90 Å². The van der Waals surface area contributed by atoms with Crippen LogP contribution >= 0.6 is 39.1 Å². The Morgan fingerprint density at radius 1 is 1.24 bits per heavy atom. The number of carbonyl (C=O) groups is 1. The van der Waals surface area contributed by atoms with E-state index in [0.717, 1.165) is 5.56 Å². The molecule has 0 radical (unpaired) electrons. The third-order valence-corrected chi connectivity index (χ3v) is 4.21. The van der Waals surface area contributed by atoms with Crippen LogP contribution in [0.3, 0.4) is 0 Å². The fourth-order valence-corrected chi connectivity index (χ4v) is 2.73. The normalized spacial score (nSPS) is 10.5. The van der Waals surface area contributed by atoms with Crippen molar-refractivity contribution in [2.24, 2.45) is 0 Å². The summed E-state index contributed by atoms with van der Waals surface area (Å²) in [7, 11) is 1.63. The van der Waals surface area contributed by atoms with Gasteiger partial charge >= 0.3 is 0 Å². The molecule has 6 heteroatoms. The number of nitrogens with zero attached hydrogens (tertiary/aromatic N) is 1. The molecule has 0 saturated carbocycles. The first-order chi connectivity index (χ1) is 9.88. The minimum atomic E-state index is -0.459. The quantitative estimate of drug-likeness (QED) is 0.708. The molecule has 21 heavy (non-hydrogen) atoms. The van der Waals surface area contributed by atoms with Gasteiger partial charge in [-0.25, -0.2) is 4.39 Å². The van der Waals surface area contributed by atoms with Crippen LogP contribution in [0.4, 0.5) is 4.39 Å². The van der Waals surface area contributed by atoms with Crippen molar-refractivity contribution >= 4 is 45.0 Å². The molecule has 2 aromatic rings. The van der Waals surface area contributed by atoms with Gasteiger partial charge in [-0.15, -0.1) is 0 Å². The monoisotopic (exact) mass is 389 g/mol. The lowest BCUT2D eigenvalue weighted by Gasteiger charge is -2.19. The second kappa shape index (κ2) is 6.77. The number of hydrogen-bond donors (Lipinski definition) is 0. The van der Waals surface area contributed by atoms with E-state index in [9.17, 15) is 9.18 Å². The largest absolute Gasteiger partial charge is 0.337 e. The van der Waals surface area contributed by atoms with E-state index in [0.29, 0.717) is 21.1 Å². The average Bonchev–Trinajstić information content (AvgIpc) is 2.43. The summed E-state index contributed by atoms with van der Waals surface area (Å²) in [5.41, 5.74) is 1.03. The minimum Gasteiger partial charge on any atom is -0.337 e.